The normalized spacial score (nSPS) is 16.9. The summed E-state index contributed by atoms with van der Waals surface area (Å²) in [6.45, 7) is 1.94. The topological polar surface area (TPSA) is 96.0 Å². The third-order valence-corrected chi connectivity index (χ3v) is 4.91. The highest BCUT2D eigenvalue weighted by Gasteiger charge is 2.29. The van der Waals surface area contributed by atoms with Gasteiger partial charge in [-0.25, -0.2) is 13.1 Å². The third-order valence-electron chi connectivity index (χ3n) is 3.34. The standard InChI is InChI=1S/C13H17N3O2S/c1-9-2-3-10(7-14)6-13(9)19(17,18)16-8-12(15)11-4-5-11/h2-3,6,11-12,16H,4-5,8,15H2,1H3. The maximum atomic E-state index is 12.2. The van der Waals surface area contributed by atoms with Crippen molar-refractivity contribution in [2.45, 2.75) is 30.7 Å². The Kier molecular flexibility index (Phi) is 3.90. The lowest BCUT2D eigenvalue weighted by atomic mass is 10.2. The summed E-state index contributed by atoms with van der Waals surface area (Å²) in [7, 11) is -3.61. The Morgan fingerprint density at radius 3 is 2.79 bits per heavy atom. The Hall–Kier alpha value is -1.42. The van der Waals surface area contributed by atoms with Crippen LogP contribution in [0.15, 0.2) is 23.1 Å². The van der Waals surface area contributed by atoms with Gasteiger partial charge in [0.2, 0.25) is 10.0 Å². The van der Waals surface area contributed by atoms with E-state index in [1.54, 1.807) is 19.1 Å². The maximum Gasteiger partial charge on any atom is 0.240 e. The van der Waals surface area contributed by atoms with Crippen molar-refractivity contribution >= 4 is 10.0 Å². The van der Waals surface area contributed by atoms with Gasteiger partial charge in [0.25, 0.3) is 0 Å². The lowest BCUT2D eigenvalue weighted by molar-refractivity contribution is 0.547. The van der Waals surface area contributed by atoms with E-state index < -0.39 is 10.0 Å². The molecule has 2 rings (SSSR count). The van der Waals surface area contributed by atoms with E-state index in [0.29, 0.717) is 17.0 Å². The molecule has 0 heterocycles. The van der Waals surface area contributed by atoms with E-state index in [1.807, 2.05) is 6.07 Å². The molecule has 0 spiro atoms. The Labute approximate surface area is 113 Å². The highest BCUT2D eigenvalue weighted by Crippen LogP contribution is 2.31. The van der Waals surface area contributed by atoms with Crippen molar-refractivity contribution in [1.82, 2.24) is 4.72 Å². The summed E-state index contributed by atoms with van der Waals surface area (Å²) >= 11 is 0. The summed E-state index contributed by atoms with van der Waals surface area (Å²) < 4.78 is 26.9. The van der Waals surface area contributed by atoms with Crippen LogP contribution in [0.25, 0.3) is 0 Å². The molecule has 3 N–H and O–H groups in total. The molecule has 0 bridgehead atoms. The number of nitrogens with zero attached hydrogens (tertiary/aromatic N) is 1. The molecule has 0 radical (unpaired) electrons. The molecule has 0 amide bonds. The van der Waals surface area contributed by atoms with Crippen LogP contribution < -0.4 is 10.5 Å². The second-order valence-corrected chi connectivity index (χ2v) is 6.68. The Bertz CT molecular complexity index is 615. The molecule has 1 atom stereocenters. The molecule has 1 fully saturated rings. The lowest BCUT2D eigenvalue weighted by Crippen LogP contribution is -2.38. The first-order valence-electron chi connectivity index (χ1n) is 6.20. The minimum Gasteiger partial charge on any atom is -0.326 e. The minimum atomic E-state index is -3.61. The number of nitriles is 1. The first-order valence-corrected chi connectivity index (χ1v) is 7.68. The van der Waals surface area contributed by atoms with Gasteiger partial charge in [0.1, 0.15) is 0 Å². The maximum absolute atomic E-state index is 12.2. The van der Waals surface area contributed by atoms with Crippen LogP contribution in [-0.4, -0.2) is 21.0 Å². The quantitative estimate of drug-likeness (QED) is 0.836. The molecule has 0 aliphatic heterocycles. The summed E-state index contributed by atoms with van der Waals surface area (Å²) in [4.78, 5) is 0.148. The molecule has 19 heavy (non-hydrogen) atoms. The summed E-state index contributed by atoms with van der Waals surface area (Å²) in [5.74, 6) is 0.439. The highest BCUT2D eigenvalue weighted by molar-refractivity contribution is 7.89. The van der Waals surface area contributed by atoms with E-state index in [-0.39, 0.29) is 17.5 Å². The van der Waals surface area contributed by atoms with Crippen LogP contribution in [-0.2, 0) is 10.0 Å². The van der Waals surface area contributed by atoms with Crippen LogP contribution in [0.1, 0.15) is 24.0 Å². The predicted molar refractivity (Wildman–Crippen MR) is 71.8 cm³/mol. The average molecular weight is 279 g/mol. The summed E-state index contributed by atoms with van der Waals surface area (Å²) in [6.07, 6.45) is 2.15. The monoisotopic (exact) mass is 279 g/mol. The van der Waals surface area contributed by atoms with Crippen molar-refractivity contribution in [3.63, 3.8) is 0 Å². The zero-order valence-corrected chi connectivity index (χ0v) is 11.6. The van der Waals surface area contributed by atoms with Crippen LogP contribution in [0.2, 0.25) is 0 Å². The zero-order valence-electron chi connectivity index (χ0n) is 10.8. The van der Waals surface area contributed by atoms with E-state index >= 15 is 0 Å². The number of sulfonamides is 1. The van der Waals surface area contributed by atoms with Gasteiger partial charge in [-0.1, -0.05) is 6.07 Å². The van der Waals surface area contributed by atoms with Crippen LogP contribution in [0.5, 0.6) is 0 Å². The van der Waals surface area contributed by atoms with E-state index in [4.69, 9.17) is 11.0 Å². The van der Waals surface area contributed by atoms with Gasteiger partial charge in [0, 0.05) is 12.6 Å². The van der Waals surface area contributed by atoms with Gasteiger partial charge in [-0.3, -0.25) is 0 Å². The Morgan fingerprint density at radius 1 is 1.53 bits per heavy atom. The summed E-state index contributed by atoms with van der Waals surface area (Å²) in [5.41, 5.74) is 6.83. The molecule has 6 heteroatoms. The second-order valence-electron chi connectivity index (χ2n) is 4.95. The number of nitrogens with one attached hydrogen (secondary N) is 1. The molecule has 1 aromatic carbocycles. The smallest absolute Gasteiger partial charge is 0.240 e. The number of rotatable bonds is 5. The number of nitrogens with two attached hydrogens (primary N) is 1. The van der Waals surface area contributed by atoms with Gasteiger partial charge in [-0.05, 0) is 43.4 Å². The van der Waals surface area contributed by atoms with Gasteiger partial charge < -0.3 is 5.73 Å². The van der Waals surface area contributed by atoms with E-state index in [0.717, 1.165) is 12.8 Å². The van der Waals surface area contributed by atoms with Crippen molar-refractivity contribution in [2.24, 2.45) is 11.7 Å². The molecule has 5 nitrogen and oxygen atoms in total. The SMILES string of the molecule is Cc1ccc(C#N)cc1S(=O)(=O)NCC(N)C1CC1. The molecular weight excluding hydrogens is 262 g/mol. The first kappa shape index (κ1) is 14.0. The van der Waals surface area contributed by atoms with Crippen molar-refractivity contribution in [2.75, 3.05) is 6.54 Å². The first-order chi connectivity index (χ1) is 8.94. The van der Waals surface area contributed by atoms with Gasteiger partial charge in [0.05, 0.1) is 16.5 Å². The summed E-state index contributed by atoms with van der Waals surface area (Å²) in [6, 6.07) is 6.44. The van der Waals surface area contributed by atoms with E-state index in [9.17, 15) is 8.42 Å². The summed E-state index contributed by atoms with van der Waals surface area (Å²) in [5, 5.41) is 8.83. The molecule has 1 unspecified atom stereocenters. The van der Waals surface area contributed by atoms with Gasteiger partial charge in [0.15, 0.2) is 0 Å². The predicted octanol–water partition coefficient (Wildman–Crippen LogP) is 0.882. The van der Waals surface area contributed by atoms with Crippen LogP contribution >= 0.6 is 0 Å². The van der Waals surface area contributed by atoms with Gasteiger partial charge >= 0.3 is 0 Å². The van der Waals surface area contributed by atoms with E-state index in [1.165, 1.54) is 6.07 Å². The zero-order chi connectivity index (χ0) is 14.0. The second kappa shape index (κ2) is 5.29. The van der Waals surface area contributed by atoms with Crippen molar-refractivity contribution < 1.29 is 8.42 Å². The van der Waals surface area contributed by atoms with Gasteiger partial charge in [-0.2, -0.15) is 5.26 Å². The van der Waals surface area contributed by atoms with Crippen molar-refractivity contribution in [3.05, 3.63) is 29.3 Å². The highest BCUT2D eigenvalue weighted by atomic mass is 32.2. The largest absolute Gasteiger partial charge is 0.326 e. The number of benzene rings is 1. The molecule has 1 aliphatic rings. The fourth-order valence-corrected chi connectivity index (χ4v) is 3.28. The fourth-order valence-electron chi connectivity index (χ4n) is 1.93. The molecule has 0 saturated heterocycles. The molecule has 1 saturated carbocycles. The number of aryl methyl sites for hydroxylation is 1. The molecular formula is C13H17N3O2S. The number of hydrogen-bond donors (Lipinski definition) is 2. The minimum absolute atomic E-state index is 0.130. The van der Waals surface area contributed by atoms with Gasteiger partial charge in [-0.15, -0.1) is 0 Å². The average Bonchev–Trinajstić information content (AvgIpc) is 3.20. The molecule has 1 aliphatic carbocycles. The van der Waals surface area contributed by atoms with Crippen LogP contribution in [0, 0.1) is 24.2 Å². The molecule has 102 valence electrons. The number of hydrogen-bond acceptors (Lipinski definition) is 4. The molecule has 1 aromatic rings. The van der Waals surface area contributed by atoms with Crippen molar-refractivity contribution in [1.29, 1.82) is 5.26 Å². The van der Waals surface area contributed by atoms with Crippen LogP contribution in [0.3, 0.4) is 0 Å². The van der Waals surface area contributed by atoms with E-state index in [2.05, 4.69) is 4.72 Å². The third kappa shape index (κ3) is 3.32. The van der Waals surface area contributed by atoms with Crippen LogP contribution in [0.4, 0.5) is 0 Å². The molecule has 0 aromatic heterocycles. The van der Waals surface area contributed by atoms with Crippen molar-refractivity contribution in [3.8, 4) is 6.07 Å². The lowest BCUT2D eigenvalue weighted by Gasteiger charge is -2.13. The Balaban J connectivity index is 2.16. The fraction of sp³-hybridized carbons (Fsp3) is 0.462. The Morgan fingerprint density at radius 2 is 2.21 bits per heavy atom.